The van der Waals surface area contributed by atoms with Crippen LogP contribution in [0.3, 0.4) is 0 Å². The van der Waals surface area contributed by atoms with E-state index in [0.29, 0.717) is 0 Å². The fourth-order valence-electron chi connectivity index (χ4n) is 2.65. The Balaban J connectivity index is 1.74. The van der Waals surface area contributed by atoms with Gasteiger partial charge in [-0.1, -0.05) is 6.08 Å². The van der Waals surface area contributed by atoms with Gasteiger partial charge in [0.2, 0.25) is 5.91 Å². The number of rotatable bonds is 4. The van der Waals surface area contributed by atoms with E-state index in [9.17, 15) is 13.6 Å². The predicted octanol–water partition coefficient (Wildman–Crippen LogP) is 0.750. The molecule has 0 bridgehead atoms. The van der Waals surface area contributed by atoms with Crippen LogP contribution in [0.25, 0.3) is 0 Å². The quantitative estimate of drug-likeness (QED) is 0.743. The first kappa shape index (κ1) is 14.4. The normalized spacial score (nSPS) is 28.2. The topological polar surface area (TPSA) is 44.4 Å². The maximum absolute atomic E-state index is 13.0. The molecule has 4 nitrogen and oxygen atoms in total. The Morgan fingerprint density at radius 3 is 2.68 bits per heavy atom. The minimum atomic E-state index is -2.75. The summed E-state index contributed by atoms with van der Waals surface area (Å²) in [5.41, 5.74) is 0. The zero-order valence-corrected chi connectivity index (χ0v) is 11.0. The van der Waals surface area contributed by atoms with Gasteiger partial charge in [0, 0.05) is 32.1 Å². The smallest absolute Gasteiger partial charge is 0.262 e. The summed E-state index contributed by atoms with van der Waals surface area (Å²) in [5, 5.41) is 5.45. The van der Waals surface area contributed by atoms with Gasteiger partial charge in [0.05, 0.1) is 12.6 Å². The molecule has 2 fully saturated rings. The number of alkyl halides is 2. The summed E-state index contributed by atoms with van der Waals surface area (Å²) in [6.07, 6.45) is 3.20. The fourth-order valence-corrected chi connectivity index (χ4v) is 2.65. The molecule has 19 heavy (non-hydrogen) atoms. The Hall–Kier alpha value is -1.01. The van der Waals surface area contributed by atoms with Crippen molar-refractivity contribution in [3.63, 3.8) is 0 Å². The highest BCUT2D eigenvalue weighted by molar-refractivity contribution is 5.82. The van der Waals surface area contributed by atoms with E-state index in [4.69, 9.17) is 0 Å². The lowest BCUT2D eigenvalue weighted by Crippen LogP contribution is -2.49. The average molecular weight is 273 g/mol. The van der Waals surface area contributed by atoms with E-state index < -0.39 is 24.9 Å². The number of nitrogens with one attached hydrogen (secondary N) is 2. The summed E-state index contributed by atoms with van der Waals surface area (Å²) >= 11 is 0. The van der Waals surface area contributed by atoms with Crippen LogP contribution < -0.4 is 10.6 Å². The Kier molecular flexibility index (Phi) is 4.52. The van der Waals surface area contributed by atoms with Crippen molar-refractivity contribution in [3.8, 4) is 0 Å². The van der Waals surface area contributed by atoms with Crippen LogP contribution in [0, 0.1) is 0 Å². The molecule has 2 heterocycles. The molecule has 2 saturated heterocycles. The number of piperidine rings is 1. The number of hydrogen-bond acceptors (Lipinski definition) is 3. The van der Waals surface area contributed by atoms with Crippen LogP contribution in [0.15, 0.2) is 12.7 Å². The first-order valence-corrected chi connectivity index (χ1v) is 6.75. The largest absolute Gasteiger partial charge is 0.352 e. The second kappa shape index (κ2) is 5.96. The molecule has 6 heteroatoms. The summed E-state index contributed by atoms with van der Waals surface area (Å²) in [6.45, 7) is 5.97. The average Bonchev–Trinajstić information content (AvgIpc) is 2.73. The van der Waals surface area contributed by atoms with Crippen molar-refractivity contribution in [2.45, 2.75) is 37.3 Å². The Bertz CT molecular complexity index is 341. The van der Waals surface area contributed by atoms with Gasteiger partial charge in [-0.2, -0.15) is 0 Å². The summed E-state index contributed by atoms with van der Waals surface area (Å²) in [7, 11) is 0. The molecule has 0 aromatic heterocycles. The van der Waals surface area contributed by atoms with Gasteiger partial charge >= 0.3 is 0 Å². The molecule has 2 rings (SSSR count). The number of likely N-dealkylation sites (tertiary alicyclic amines) is 1. The number of halogens is 2. The monoisotopic (exact) mass is 273 g/mol. The van der Waals surface area contributed by atoms with Gasteiger partial charge < -0.3 is 5.32 Å². The van der Waals surface area contributed by atoms with Gasteiger partial charge in [-0.3, -0.25) is 15.0 Å². The minimum Gasteiger partial charge on any atom is -0.352 e. The maximum Gasteiger partial charge on any atom is 0.262 e. The Morgan fingerprint density at radius 2 is 2.16 bits per heavy atom. The molecule has 0 spiro atoms. The van der Waals surface area contributed by atoms with Crippen LogP contribution in [0.1, 0.15) is 19.3 Å². The van der Waals surface area contributed by atoms with Gasteiger partial charge in [-0.15, -0.1) is 6.58 Å². The Morgan fingerprint density at radius 1 is 1.47 bits per heavy atom. The molecule has 0 aromatic rings. The number of carbonyl (C=O) groups excluding carboxylic acids is 1. The third kappa shape index (κ3) is 3.98. The number of nitrogens with zero attached hydrogens (tertiary/aromatic N) is 1. The van der Waals surface area contributed by atoms with Crippen molar-refractivity contribution in [3.05, 3.63) is 12.7 Å². The highest BCUT2D eigenvalue weighted by Gasteiger charge is 2.42. The second-order valence-corrected chi connectivity index (χ2v) is 5.37. The van der Waals surface area contributed by atoms with Crippen LogP contribution in [0.2, 0.25) is 0 Å². The molecule has 0 aliphatic carbocycles. The lowest BCUT2D eigenvalue weighted by molar-refractivity contribution is -0.124. The standard InChI is InChI=1S/C13H21F2N3O/c1-2-5-18-6-3-10(4-7-18)17-12(19)11-8-13(14,15)9-16-11/h2,10-11,16H,1,3-9H2,(H,17,19). The zero-order chi connectivity index (χ0) is 13.9. The van der Waals surface area contributed by atoms with Gasteiger partial charge in [0.15, 0.2) is 0 Å². The molecule has 2 aliphatic rings. The molecule has 2 aliphatic heterocycles. The van der Waals surface area contributed by atoms with Crippen molar-refractivity contribution in [2.24, 2.45) is 0 Å². The van der Waals surface area contributed by atoms with Crippen LogP contribution in [-0.2, 0) is 4.79 Å². The molecular formula is C13H21F2N3O. The zero-order valence-electron chi connectivity index (χ0n) is 11.0. The number of hydrogen-bond donors (Lipinski definition) is 2. The van der Waals surface area contributed by atoms with Crippen molar-refractivity contribution in [2.75, 3.05) is 26.2 Å². The number of amides is 1. The third-order valence-electron chi connectivity index (χ3n) is 3.75. The van der Waals surface area contributed by atoms with E-state index in [1.54, 1.807) is 0 Å². The minimum absolute atomic E-state index is 0.101. The maximum atomic E-state index is 13.0. The Labute approximate surface area is 112 Å². The summed E-state index contributed by atoms with van der Waals surface area (Å²) in [5.74, 6) is -3.05. The summed E-state index contributed by atoms with van der Waals surface area (Å²) in [6, 6.07) is -0.647. The lowest BCUT2D eigenvalue weighted by Gasteiger charge is -2.32. The molecular weight excluding hydrogens is 252 g/mol. The third-order valence-corrected chi connectivity index (χ3v) is 3.75. The van der Waals surface area contributed by atoms with E-state index in [2.05, 4.69) is 22.1 Å². The van der Waals surface area contributed by atoms with Crippen molar-refractivity contribution >= 4 is 5.91 Å². The fraction of sp³-hybridized carbons (Fsp3) is 0.769. The van der Waals surface area contributed by atoms with E-state index in [-0.39, 0.29) is 11.9 Å². The highest BCUT2D eigenvalue weighted by atomic mass is 19.3. The van der Waals surface area contributed by atoms with Crippen molar-refractivity contribution < 1.29 is 13.6 Å². The second-order valence-electron chi connectivity index (χ2n) is 5.37. The van der Waals surface area contributed by atoms with Crippen molar-refractivity contribution in [1.82, 2.24) is 15.5 Å². The van der Waals surface area contributed by atoms with Gasteiger partial charge in [0.1, 0.15) is 0 Å². The van der Waals surface area contributed by atoms with Gasteiger partial charge in [-0.05, 0) is 12.8 Å². The predicted molar refractivity (Wildman–Crippen MR) is 69.2 cm³/mol. The van der Waals surface area contributed by atoms with E-state index in [1.165, 1.54) is 0 Å². The van der Waals surface area contributed by atoms with E-state index in [1.807, 2.05) is 6.08 Å². The molecule has 0 aromatic carbocycles. The van der Waals surface area contributed by atoms with Crippen LogP contribution in [0.5, 0.6) is 0 Å². The first-order chi connectivity index (χ1) is 9.00. The van der Waals surface area contributed by atoms with E-state index in [0.717, 1.165) is 32.5 Å². The molecule has 1 unspecified atom stereocenters. The summed E-state index contributed by atoms with van der Waals surface area (Å²) < 4.78 is 26.0. The summed E-state index contributed by atoms with van der Waals surface area (Å²) in [4.78, 5) is 14.1. The van der Waals surface area contributed by atoms with Gasteiger partial charge in [-0.25, -0.2) is 8.78 Å². The molecule has 1 atom stereocenters. The molecule has 2 N–H and O–H groups in total. The van der Waals surface area contributed by atoms with Crippen LogP contribution in [0.4, 0.5) is 8.78 Å². The molecule has 1 amide bonds. The molecule has 0 radical (unpaired) electrons. The van der Waals surface area contributed by atoms with E-state index >= 15 is 0 Å². The first-order valence-electron chi connectivity index (χ1n) is 6.75. The number of carbonyl (C=O) groups is 1. The van der Waals surface area contributed by atoms with Crippen LogP contribution in [-0.4, -0.2) is 55.0 Å². The van der Waals surface area contributed by atoms with Crippen molar-refractivity contribution in [1.29, 1.82) is 0 Å². The highest BCUT2D eigenvalue weighted by Crippen LogP contribution is 2.25. The van der Waals surface area contributed by atoms with Crippen LogP contribution >= 0.6 is 0 Å². The SMILES string of the molecule is C=CCN1CCC(NC(=O)C2CC(F)(F)CN2)CC1. The molecule has 108 valence electrons. The molecule has 0 saturated carbocycles. The lowest BCUT2D eigenvalue weighted by atomic mass is 10.0. The van der Waals surface area contributed by atoms with Gasteiger partial charge in [0.25, 0.3) is 5.92 Å².